The average Bonchev–Trinajstić information content (AvgIpc) is 2.96. The zero-order valence-corrected chi connectivity index (χ0v) is 12.7. The Labute approximate surface area is 122 Å². The number of nitrogens with zero attached hydrogens (tertiary/aromatic N) is 2. The smallest absolute Gasteiger partial charge is 0.0774 e. The van der Waals surface area contributed by atoms with Gasteiger partial charge in [0.15, 0.2) is 0 Å². The third-order valence-electron chi connectivity index (χ3n) is 4.82. The van der Waals surface area contributed by atoms with Gasteiger partial charge in [0.2, 0.25) is 0 Å². The van der Waals surface area contributed by atoms with Gasteiger partial charge in [0.25, 0.3) is 0 Å². The Morgan fingerprint density at radius 1 is 1.30 bits per heavy atom. The van der Waals surface area contributed by atoms with Crippen LogP contribution in [-0.4, -0.2) is 42.8 Å². The molecule has 1 aliphatic heterocycles. The van der Waals surface area contributed by atoms with Crippen molar-refractivity contribution in [2.45, 2.75) is 44.2 Å². The minimum Gasteiger partial charge on any atom is -0.389 e. The lowest BCUT2D eigenvalue weighted by molar-refractivity contribution is 0.0145. The van der Waals surface area contributed by atoms with Gasteiger partial charge in [0, 0.05) is 32.4 Å². The predicted octanol–water partition coefficient (Wildman–Crippen LogP) is 2.42. The highest BCUT2D eigenvalue weighted by molar-refractivity contribution is 5.58. The number of benzene rings is 1. The first kappa shape index (κ1) is 13.9. The zero-order valence-electron chi connectivity index (χ0n) is 12.7. The minimum absolute atomic E-state index is 0.439. The first-order valence-corrected chi connectivity index (χ1v) is 7.80. The number of fused-ring (bicyclic) bond motifs is 1. The Balaban J connectivity index is 1.63. The van der Waals surface area contributed by atoms with Crippen LogP contribution in [-0.2, 0) is 13.0 Å². The maximum absolute atomic E-state index is 10.5. The topological polar surface area (TPSA) is 26.7 Å². The van der Waals surface area contributed by atoms with Crippen LogP contribution in [0.5, 0.6) is 0 Å². The van der Waals surface area contributed by atoms with Crippen molar-refractivity contribution in [2.75, 3.05) is 32.1 Å². The van der Waals surface area contributed by atoms with Crippen molar-refractivity contribution in [3.63, 3.8) is 0 Å². The number of aliphatic hydroxyl groups is 1. The summed E-state index contributed by atoms with van der Waals surface area (Å²) < 4.78 is 0. The third-order valence-corrected chi connectivity index (χ3v) is 4.82. The van der Waals surface area contributed by atoms with E-state index in [1.54, 1.807) is 0 Å². The molecule has 1 fully saturated rings. The molecule has 3 rings (SSSR count). The first-order valence-electron chi connectivity index (χ1n) is 7.80. The van der Waals surface area contributed by atoms with E-state index in [0.717, 1.165) is 38.9 Å². The summed E-state index contributed by atoms with van der Waals surface area (Å²) in [6.07, 6.45) is 5.44. The van der Waals surface area contributed by atoms with E-state index >= 15 is 0 Å². The zero-order chi connectivity index (χ0) is 14.2. The standard InChI is InChI=1S/C17H26N2O/c1-18(13-17(20)8-3-4-9-17)12-14-5-6-16-15(11-14)7-10-19(16)2/h5-6,11,20H,3-4,7-10,12-13H2,1-2H3. The molecule has 1 aliphatic carbocycles. The summed E-state index contributed by atoms with van der Waals surface area (Å²) in [6.45, 7) is 2.86. The summed E-state index contributed by atoms with van der Waals surface area (Å²) in [4.78, 5) is 4.59. The van der Waals surface area contributed by atoms with Gasteiger partial charge < -0.3 is 10.0 Å². The van der Waals surface area contributed by atoms with Crippen LogP contribution in [0.3, 0.4) is 0 Å². The molecule has 20 heavy (non-hydrogen) atoms. The predicted molar refractivity (Wildman–Crippen MR) is 83.2 cm³/mol. The Morgan fingerprint density at radius 2 is 2.05 bits per heavy atom. The monoisotopic (exact) mass is 274 g/mol. The number of likely N-dealkylation sites (N-methyl/N-ethyl adjacent to an activating group) is 2. The molecule has 3 heteroatoms. The number of anilines is 1. The van der Waals surface area contributed by atoms with E-state index < -0.39 is 5.60 Å². The highest BCUT2D eigenvalue weighted by atomic mass is 16.3. The van der Waals surface area contributed by atoms with E-state index in [-0.39, 0.29) is 0 Å². The molecule has 110 valence electrons. The van der Waals surface area contributed by atoms with Crippen LogP contribution in [0.1, 0.15) is 36.8 Å². The fourth-order valence-corrected chi connectivity index (χ4v) is 3.78. The van der Waals surface area contributed by atoms with Gasteiger partial charge in [-0.2, -0.15) is 0 Å². The Morgan fingerprint density at radius 3 is 2.80 bits per heavy atom. The molecule has 0 radical (unpaired) electrons. The molecule has 0 spiro atoms. The van der Waals surface area contributed by atoms with Crippen LogP contribution in [0.15, 0.2) is 18.2 Å². The second-order valence-electron chi connectivity index (χ2n) is 6.74. The summed E-state index contributed by atoms with van der Waals surface area (Å²) >= 11 is 0. The highest BCUT2D eigenvalue weighted by Crippen LogP contribution is 2.31. The van der Waals surface area contributed by atoms with Crippen molar-refractivity contribution in [1.82, 2.24) is 4.90 Å². The number of hydrogen-bond acceptors (Lipinski definition) is 3. The van der Waals surface area contributed by atoms with E-state index in [1.165, 1.54) is 29.7 Å². The lowest BCUT2D eigenvalue weighted by atomic mass is 10.0. The maximum atomic E-state index is 10.5. The molecular formula is C17H26N2O. The van der Waals surface area contributed by atoms with E-state index in [9.17, 15) is 5.11 Å². The molecular weight excluding hydrogens is 248 g/mol. The van der Waals surface area contributed by atoms with E-state index in [0.29, 0.717) is 0 Å². The molecule has 2 aliphatic rings. The third kappa shape index (κ3) is 2.84. The van der Waals surface area contributed by atoms with Gasteiger partial charge in [-0.1, -0.05) is 25.0 Å². The van der Waals surface area contributed by atoms with E-state index in [1.807, 2.05) is 0 Å². The lowest BCUT2D eigenvalue weighted by Gasteiger charge is -2.28. The fraction of sp³-hybridized carbons (Fsp3) is 0.647. The molecule has 0 atom stereocenters. The average molecular weight is 274 g/mol. The fourth-order valence-electron chi connectivity index (χ4n) is 3.78. The summed E-state index contributed by atoms with van der Waals surface area (Å²) in [6, 6.07) is 6.82. The van der Waals surface area contributed by atoms with Crippen molar-refractivity contribution in [2.24, 2.45) is 0 Å². The molecule has 1 N–H and O–H groups in total. The molecule has 0 amide bonds. The molecule has 0 aromatic heterocycles. The molecule has 0 saturated heterocycles. The molecule has 1 aromatic rings. The largest absolute Gasteiger partial charge is 0.389 e. The quantitative estimate of drug-likeness (QED) is 0.913. The van der Waals surface area contributed by atoms with E-state index in [2.05, 4.69) is 42.1 Å². The number of hydrogen-bond donors (Lipinski definition) is 1. The normalized spacial score (nSPS) is 20.7. The van der Waals surface area contributed by atoms with Crippen LogP contribution >= 0.6 is 0 Å². The van der Waals surface area contributed by atoms with Gasteiger partial charge in [0.1, 0.15) is 0 Å². The van der Waals surface area contributed by atoms with Gasteiger partial charge in [-0.05, 0) is 43.5 Å². The van der Waals surface area contributed by atoms with Gasteiger partial charge in [-0.15, -0.1) is 0 Å². The molecule has 1 saturated carbocycles. The highest BCUT2D eigenvalue weighted by Gasteiger charge is 2.32. The van der Waals surface area contributed by atoms with Crippen LogP contribution in [0.25, 0.3) is 0 Å². The van der Waals surface area contributed by atoms with Crippen LogP contribution in [0, 0.1) is 0 Å². The second-order valence-corrected chi connectivity index (χ2v) is 6.74. The lowest BCUT2D eigenvalue weighted by Crippen LogP contribution is -2.38. The molecule has 0 bridgehead atoms. The van der Waals surface area contributed by atoms with Crippen molar-refractivity contribution < 1.29 is 5.11 Å². The van der Waals surface area contributed by atoms with Crippen molar-refractivity contribution >= 4 is 5.69 Å². The second kappa shape index (κ2) is 5.38. The maximum Gasteiger partial charge on any atom is 0.0774 e. The van der Waals surface area contributed by atoms with Gasteiger partial charge in [-0.3, -0.25) is 4.90 Å². The molecule has 3 nitrogen and oxygen atoms in total. The Kier molecular flexibility index (Phi) is 3.74. The summed E-state index contributed by atoms with van der Waals surface area (Å²) in [5.41, 5.74) is 3.78. The summed E-state index contributed by atoms with van der Waals surface area (Å²) in [5.74, 6) is 0. The van der Waals surface area contributed by atoms with Crippen LogP contribution < -0.4 is 4.90 Å². The van der Waals surface area contributed by atoms with Crippen LogP contribution in [0.4, 0.5) is 5.69 Å². The van der Waals surface area contributed by atoms with Crippen LogP contribution in [0.2, 0.25) is 0 Å². The van der Waals surface area contributed by atoms with Crippen molar-refractivity contribution in [3.05, 3.63) is 29.3 Å². The van der Waals surface area contributed by atoms with Crippen molar-refractivity contribution in [3.8, 4) is 0 Å². The Hall–Kier alpha value is -1.06. The molecule has 1 aromatic carbocycles. The minimum atomic E-state index is -0.439. The molecule has 1 heterocycles. The van der Waals surface area contributed by atoms with Gasteiger partial charge in [-0.25, -0.2) is 0 Å². The van der Waals surface area contributed by atoms with Gasteiger partial charge in [0.05, 0.1) is 5.60 Å². The summed E-state index contributed by atoms with van der Waals surface area (Å²) in [7, 11) is 4.28. The van der Waals surface area contributed by atoms with E-state index in [4.69, 9.17) is 0 Å². The van der Waals surface area contributed by atoms with Crippen molar-refractivity contribution in [1.29, 1.82) is 0 Å². The molecule has 0 unspecified atom stereocenters. The Bertz CT molecular complexity index is 480. The number of rotatable bonds is 4. The first-order chi connectivity index (χ1) is 9.56. The SMILES string of the molecule is CN(Cc1ccc2c(c1)CCN2C)CC1(O)CCCC1. The van der Waals surface area contributed by atoms with Gasteiger partial charge >= 0.3 is 0 Å². The summed E-state index contributed by atoms with van der Waals surface area (Å²) in [5, 5.41) is 10.5.